The molecule has 2 aromatic carbocycles. The zero-order valence-corrected chi connectivity index (χ0v) is 19.3. The van der Waals surface area contributed by atoms with Crippen LogP contribution in [0.2, 0.25) is 0 Å². The van der Waals surface area contributed by atoms with Gasteiger partial charge in [0.05, 0.1) is 23.3 Å². The Balaban J connectivity index is 1.64. The van der Waals surface area contributed by atoms with Crippen LogP contribution in [0.1, 0.15) is 30.1 Å². The molecule has 1 saturated heterocycles. The zero-order valence-electron chi connectivity index (χ0n) is 18.5. The van der Waals surface area contributed by atoms with Crippen LogP contribution in [0.4, 0.5) is 5.69 Å². The SMILES string of the molecule is COc1ccccc1N(C)S(=O)(=O)c1ccc(C(=O)OCC(=O)N2CCC(C)CC2)cc1. The highest BCUT2D eigenvalue weighted by atomic mass is 32.2. The van der Waals surface area contributed by atoms with Crippen LogP contribution in [-0.4, -0.2) is 59.0 Å². The number of benzene rings is 2. The first-order chi connectivity index (χ1) is 15.2. The van der Waals surface area contributed by atoms with E-state index in [0.29, 0.717) is 30.4 Å². The second kappa shape index (κ2) is 10.0. The lowest BCUT2D eigenvalue weighted by Crippen LogP contribution is -2.40. The summed E-state index contributed by atoms with van der Waals surface area (Å²) >= 11 is 0. The molecule has 1 aliphatic heterocycles. The van der Waals surface area contributed by atoms with E-state index < -0.39 is 16.0 Å². The fraction of sp³-hybridized carbons (Fsp3) is 0.391. The smallest absolute Gasteiger partial charge is 0.338 e. The maximum atomic E-state index is 13.0. The number of para-hydroxylation sites is 2. The predicted octanol–water partition coefficient (Wildman–Crippen LogP) is 2.94. The average molecular weight is 461 g/mol. The Morgan fingerprint density at radius 2 is 1.69 bits per heavy atom. The Kier molecular flexibility index (Phi) is 7.40. The van der Waals surface area contributed by atoms with Gasteiger partial charge in [-0.15, -0.1) is 0 Å². The van der Waals surface area contributed by atoms with E-state index in [1.165, 1.54) is 38.4 Å². The van der Waals surface area contributed by atoms with Crippen molar-refractivity contribution in [1.82, 2.24) is 4.90 Å². The third-order valence-corrected chi connectivity index (χ3v) is 7.42. The summed E-state index contributed by atoms with van der Waals surface area (Å²) in [7, 11) is -0.970. The Bertz CT molecular complexity index is 1060. The summed E-state index contributed by atoms with van der Waals surface area (Å²) in [5.41, 5.74) is 0.563. The first-order valence-electron chi connectivity index (χ1n) is 10.4. The van der Waals surface area contributed by atoms with Crippen molar-refractivity contribution in [3.63, 3.8) is 0 Å². The monoisotopic (exact) mass is 460 g/mol. The van der Waals surface area contributed by atoms with E-state index in [0.717, 1.165) is 17.1 Å². The Hall–Kier alpha value is -3.07. The molecule has 0 aliphatic carbocycles. The summed E-state index contributed by atoms with van der Waals surface area (Å²) in [5, 5.41) is 0. The van der Waals surface area contributed by atoms with Crippen LogP contribution < -0.4 is 9.04 Å². The number of nitrogens with zero attached hydrogens (tertiary/aromatic N) is 2. The fourth-order valence-corrected chi connectivity index (χ4v) is 4.71. The molecule has 0 N–H and O–H groups in total. The molecular formula is C23H28N2O6S. The number of ether oxygens (including phenoxy) is 2. The Labute approximate surface area is 188 Å². The molecule has 0 aromatic heterocycles. The maximum absolute atomic E-state index is 13.0. The normalized spacial score (nSPS) is 14.7. The van der Waals surface area contributed by atoms with Crippen molar-refractivity contribution in [2.45, 2.75) is 24.7 Å². The van der Waals surface area contributed by atoms with Crippen molar-refractivity contribution in [2.75, 3.05) is 38.2 Å². The number of sulfonamides is 1. The maximum Gasteiger partial charge on any atom is 0.338 e. The van der Waals surface area contributed by atoms with Crippen LogP contribution in [-0.2, 0) is 19.6 Å². The van der Waals surface area contributed by atoms with Crippen LogP contribution in [0.5, 0.6) is 5.75 Å². The number of esters is 1. The molecule has 0 saturated carbocycles. The third kappa shape index (κ3) is 5.21. The molecule has 1 aliphatic rings. The van der Waals surface area contributed by atoms with Crippen LogP contribution in [0.25, 0.3) is 0 Å². The topological polar surface area (TPSA) is 93.2 Å². The number of hydrogen-bond donors (Lipinski definition) is 0. The van der Waals surface area contributed by atoms with Gasteiger partial charge in [0, 0.05) is 20.1 Å². The van der Waals surface area contributed by atoms with Crippen molar-refractivity contribution in [3.8, 4) is 5.75 Å². The van der Waals surface area contributed by atoms with Crippen LogP contribution >= 0.6 is 0 Å². The quantitative estimate of drug-likeness (QED) is 0.590. The second-order valence-electron chi connectivity index (χ2n) is 7.81. The van der Waals surface area contributed by atoms with E-state index in [4.69, 9.17) is 9.47 Å². The molecule has 0 spiro atoms. The lowest BCUT2D eigenvalue weighted by molar-refractivity contribution is -0.135. The lowest BCUT2D eigenvalue weighted by Gasteiger charge is -2.30. The van der Waals surface area contributed by atoms with Crippen molar-refractivity contribution >= 4 is 27.6 Å². The van der Waals surface area contributed by atoms with Gasteiger partial charge in [-0.3, -0.25) is 9.10 Å². The third-order valence-electron chi connectivity index (χ3n) is 5.64. The number of carbonyl (C=O) groups excluding carboxylic acids is 2. The van der Waals surface area contributed by atoms with Gasteiger partial charge in [-0.1, -0.05) is 19.1 Å². The van der Waals surface area contributed by atoms with Crippen molar-refractivity contribution < 1.29 is 27.5 Å². The van der Waals surface area contributed by atoms with Crippen LogP contribution in [0.15, 0.2) is 53.4 Å². The van der Waals surface area contributed by atoms with E-state index in [9.17, 15) is 18.0 Å². The van der Waals surface area contributed by atoms with E-state index in [-0.39, 0.29) is 23.0 Å². The average Bonchev–Trinajstić information content (AvgIpc) is 2.82. The molecule has 9 heteroatoms. The molecule has 32 heavy (non-hydrogen) atoms. The molecule has 0 unspecified atom stereocenters. The number of methoxy groups -OCH3 is 1. The Morgan fingerprint density at radius 1 is 1.06 bits per heavy atom. The number of anilines is 1. The number of carbonyl (C=O) groups is 2. The second-order valence-corrected chi connectivity index (χ2v) is 9.78. The van der Waals surface area contributed by atoms with Gasteiger partial charge < -0.3 is 14.4 Å². The molecule has 2 aromatic rings. The number of rotatable bonds is 7. The molecule has 0 radical (unpaired) electrons. The molecular weight excluding hydrogens is 432 g/mol. The highest BCUT2D eigenvalue weighted by Gasteiger charge is 2.25. The van der Waals surface area contributed by atoms with E-state index in [2.05, 4.69) is 6.92 Å². The van der Waals surface area contributed by atoms with Gasteiger partial charge in [-0.25, -0.2) is 13.2 Å². The first kappa shape index (κ1) is 23.6. The van der Waals surface area contributed by atoms with E-state index in [1.54, 1.807) is 29.2 Å². The summed E-state index contributed by atoms with van der Waals surface area (Å²) in [6.07, 6.45) is 1.89. The van der Waals surface area contributed by atoms with Gasteiger partial charge in [0.2, 0.25) is 0 Å². The highest BCUT2D eigenvalue weighted by molar-refractivity contribution is 7.92. The predicted molar refractivity (Wildman–Crippen MR) is 120 cm³/mol. The fourth-order valence-electron chi connectivity index (χ4n) is 3.50. The highest BCUT2D eigenvalue weighted by Crippen LogP contribution is 2.30. The van der Waals surface area contributed by atoms with Gasteiger partial charge in [-0.2, -0.15) is 0 Å². The van der Waals surface area contributed by atoms with Gasteiger partial charge in [0.15, 0.2) is 6.61 Å². The van der Waals surface area contributed by atoms with Crippen LogP contribution in [0.3, 0.4) is 0 Å². The number of hydrogen-bond acceptors (Lipinski definition) is 6. The molecule has 0 bridgehead atoms. The number of piperidine rings is 1. The van der Waals surface area contributed by atoms with Crippen molar-refractivity contribution in [1.29, 1.82) is 0 Å². The molecule has 1 fully saturated rings. The Morgan fingerprint density at radius 3 is 2.31 bits per heavy atom. The van der Waals surface area contributed by atoms with Crippen LogP contribution in [0, 0.1) is 5.92 Å². The minimum absolute atomic E-state index is 0.0148. The van der Waals surface area contributed by atoms with Gasteiger partial charge >= 0.3 is 5.97 Å². The molecule has 3 rings (SSSR count). The molecule has 1 heterocycles. The van der Waals surface area contributed by atoms with Gasteiger partial charge in [-0.05, 0) is 55.2 Å². The standard InChI is InChI=1S/C23H28N2O6S/c1-17-12-14-25(15-13-17)22(26)16-31-23(27)18-8-10-19(11-9-18)32(28,29)24(2)20-6-4-5-7-21(20)30-3/h4-11,17H,12-16H2,1-3H3. The van der Waals surface area contributed by atoms with Gasteiger partial charge in [0.25, 0.3) is 15.9 Å². The first-order valence-corrected chi connectivity index (χ1v) is 11.8. The summed E-state index contributed by atoms with van der Waals surface area (Å²) in [4.78, 5) is 26.3. The summed E-state index contributed by atoms with van der Waals surface area (Å²) in [6.45, 7) is 3.16. The van der Waals surface area contributed by atoms with E-state index >= 15 is 0 Å². The summed E-state index contributed by atoms with van der Waals surface area (Å²) < 4.78 is 37.5. The lowest BCUT2D eigenvalue weighted by atomic mass is 9.99. The molecule has 1 amide bonds. The zero-order chi connectivity index (χ0) is 23.3. The molecule has 0 atom stereocenters. The molecule has 172 valence electrons. The van der Waals surface area contributed by atoms with E-state index in [1.807, 2.05) is 0 Å². The number of likely N-dealkylation sites (tertiary alicyclic amines) is 1. The van der Waals surface area contributed by atoms with Gasteiger partial charge in [0.1, 0.15) is 5.75 Å². The number of amides is 1. The van der Waals surface area contributed by atoms with Crippen molar-refractivity contribution in [2.24, 2.45) is 5.92 Å². The molecule has 8 nitrogen and oxygen atoms in total. The summed E-state index contributed by atoms with van der Waals surface area (Å²) in [6, 6.07) is 12.2. The largest absolute Gasteiger partial charge is 0.495 e. The van der Waals surface area contributed by atoms with Crippen molar-refractivity contribution in [3.05, 3.63) is 54.1 Å². The minimum atomic E-state index is -3.87. The minimum Gasteiger partial charge on any atom is -0.495 e. The summed E-state index contributed by atoms with van der Waals surface area (Å²) in [5.74, 6) is 0.124.